The van der Waals surface area contributed by atoms with Crippen LogP contribution in [0.3, 0.4) is 0 Å². The van der Waals surface area contributed by atoms with Crippen molar-refractivity contribution in [2.75, 3.05) is 26.7 Å². The Hall–Kier alpha value is -6.25. The van der Waals surface area contributed by atoms with Gasteiger partial charge in [0.2, 0.25) is 47.3 Å². The zero-order valence-electron chi connectivity index (χ0n) is 47.3. The van der Waals surface area contributed by atoms with Crippen molar-refractivity contribution < 1.29 is 83.6 Å². The van der Waals surface area contributed by atoms with Crippen LogP contribution in [-0.2, 0) is 60.7 Å². The van der Waals surface area contributed by atoms with Gasteiger partial charge in [-0.1, -0.05) is 83.9 Å². The van der Waals surface area contributed by atoms with Gasteiger partial charge in [0.25, 0.3) is 0 Å². The maximum absolute atomic E-state index is 14.6. The standard InChI is InChI=1S/C56H88N8O17/c1-6-31(2)23-32(3)15-11-9-7-8-10-12-17-45(73)59-38-26-36(66)29-58-54(78)50-41(69)21-22-63(50)56(80)49(43(71)28-44(57)72)62-53(77)48(42(70)25-34-19-20-40(68)35(24-34)16-13-14-18-46(74)81-5)61-52(76)39-27-37(67)30-64(39)55(79)47(33(4)65)60-51(38)75/h14,18-20,24,31-33,36-39,41-43,47-50,65-71H,6-13,15-17,21-23,25-30H2,1-5H3,(H2,57,72)(H,58,78)(H,59,73)(H,60,75)(H,61,76)(H,62,77)/b18-14-/t31?,32?,33-,36-,37-,38-,39+,41+,42+,43+,47+,48+,49+,50+/m1/s1. The second-order valence-corrected chi connectivity index (χ2v) is 22.1. The van der Waals surface area contributed by atoms with Gasteiger partial charge in [0.05, 0.1) is 50.2 Å². The van der Waals surface area contributed by atoms with E-state index in [1.165, 1.54) is 43.9 Å². The number of esters is 1. The Morgan fingerprint density at radius 2 is 1.46 bits per heavy atom. The van der Waals surface area contributed by atoms with Crippen molar-refractivity contribution in [3.8, 4) is 5.75 Å². The number of rotatable bonds is 24. The number of nitrogens with one attached hydrogen (secondary N) is 5. The minimum absolute atomic E-state index is 0.0110. The smallest absolute Gasteiger partial charge is 0.330 e. The molecule has 0 bridgehead atoms. The molecule has 14 atom stereocenters. The Labute approximate surface area is 473 Å². The number of aliphatic hydroxyl groups excluding tert-OH is 6. The number of benzene rings is 1. The van der Waals surface area contributed by atoms with Crippen LogP contribution in [-0.4, -0.2) is 198 Å². The lowest BCUT2D eigenvalue weighted by molar-refractivity contribution is -0.147. The number of nitrogens with two attached hydrogens (primary N) is 1. The minimum atomic E-state index is -2.15. The number of aromatic hydroxyl groups is 1. The Kier molecular flexibility index (Phi) is 27.4. The van der Waals surface area contributed by atoms with Gasteiger partial charge in [-0.25, -0.2) is 4.79 Å². The molecule has 3 fully saturated rings. The van der Waals surface area contributed by atoms with Crippen LogP contribution in [0.25, 0.3) is 0 Å². The second-order valence-electron chi connectivity index (χ2n) is 22.1. The van der Waals surface area contributed by atoms with E-state index in [4.69, 9.17) is 5.73 Å². The predicted octanol–water partition coefficient (Wildman–Crippen LogP) is -1.49. The van der Waals surface area contributed by atoms with Gasteiger partial charge in [-0.15, -0.1) is 0 Å². The highest BCUT2D eigenvalue weighted by atomic mass is 16.5. The van der Waals surface area contributed by atoms with Gasteiger partial charge in [0.1, 0.15) is 42.0 Å². The normalized spacial score (nSPS) is 26.4. The summed E-state index contributed by atoms with van der Waals surface area (Å²) in [6.07, 6.45) is -1.09. The number of methoxy groups -OCH3 is 1. The summed E-state index contributed by atoms with van der Waals surface area (Å²) in [5, 5.41) is 90.4. The zero-order valence-corrected chi connectivity index (χ0v) is 47.3. The third kappa shape index (κ3) is 20.9. The molecule has 25 heteroatoms. The van der Waals surface area contributed by atoms with Gasteiger partial charge in [-0.3, -0.25) is 38.4 Å². The molecule has 0 spiro atoms. The average molecular weight is 1150 g/mol. The molecule has 81 heavy (non-hydrogen) atoms. The highest BCUT2D eigenvalue weighted by Crippen LogP contribution is 2.26. The molecule has 1 aromatic carbocycles. The molecule has 2 unspecified atom stereocenters. The fourth-order valence-corrected chi connectivity index (χ4v) is 10.6. The lowest BCUT2D eigenvalue weighted by atomic mass is 9.91. The Bertz CT molecular complexity index is 2340. The number of allylic oxidation sites excluding steroid dienone is 1. The number of aryl methyl sites for hydroxylation is 1. The van der Waals surface area contributed by atoms with E-state index in [1.54, 1.807) is 0 Å². The van der Waals surface area contributed by atoms with Gasteiger partial charge >= 0.3 is 5.97 Å². The number of phenols is 1. The van der Waals surface area contributed by atoms with E-state index in [9.17, 15) is 78.9 Å². The first kappa shape index (κ1) is 67.3. The predicted molar refractivity (Wildman–Crippen MR) is 293 cm³/mol. The molecule has 3 aliphatic rings. The number of fused-ring (bicyclic) bond motifs is 2. The minimum Gasteiger partial charge on any atom is -0.508 e. The van der Waals surface area contributed by atoms with Gasteiger partial charge in [-0.2, -0.15) is 0 Å². The number of primary amides is 1. The molecule has 25 nitrogen and oxygen atoms in total. The molecule has 4 rings (SSSR count). The number of hydrogen-bond acceptors (Lipinski definition) is 17. The monoisotopic (exact) mass is 1140 g/mol. The van der Waals surface area contributed by atoms with Crippen molar-refractivity contribution in [2.24, 2.45) is 17.6 Å². The number of unbranched alkanes of at least 4 members (excludes halogenated alkanes) is 5. The fourth-order valence-electron chi connectivity index (χ4n) is 10.6. The highest BCUT2D eigenvalue weighted by molar-refractivity contribution is 5.98. The molecule has 0 aromatic heterocycles. The number of carbonyl (C=O) groups excluding carboxylic acids is 9. The lowest BCUT2D eigenvalue weighted by Crippen LogP contribution is -2.64. The Morgan fingerprint density at radius 1 is 0.802 bits per heavy atom. The van der Waals surface area contributed by atoms with Crippen LogP contribution in [0.5, 0.6) is 5.75 Å². The van der Waals surface area contributed by atoms with E-state index in [2.05, 4.69) is 52.1 Å². The summed E-state index contributed by atoms with van der Waals surface area (Å²) >= 11 is 0. The number of ether oxygens (including phenoxy) is 1. The summed E-state index contributed by atoms with van der Waals surface area (Å²) < 4.78 is 4.60. The average Bonchev–Trinajstić information content (AvgIpc) is 4.07. The number of amides is 8. The van der Waals surface area contributed by atoms with Crippen LogP contribution in [0.15, 0.2) is 30.4 Å². The van der Waals surface area contributed by atoms with E-state index in [-0.39, 0.29) is 38.0 Å². The van der Waals surface area contributed by atoms with Gasteiger partial charge < -0.3 is 82.6 Å². The van der Waals surface area contributed by atoms with Gasteiger partial charge in [0, 0.05) is 51.4 Å². The van der Waals surface area contributed by atoms with Crippen LogP contribution in [0.1, 0.15) is 135 Å². The van der Waals surface area contributed by atoms with E-state index >= 15 is 0 Å². The molecule has 8 amide bonds. The largest absolute Gasteiger partial charge is 0.508 e. The molecule has 14 N–H and O–H groups in total. The molecule has 3 aliphatic heterocycles. The highest BCUT2D eigenvalue weighted by Gasteiger charge is 2.48. The van der Waals surface area contributed by atoms with Crippen molar-refractivity contribution in [3.05, 3.63) is 41.5 Å². The molecule has 3 heterocycles. The van der Waals surface area contributed by atoms with Crippen LogP contribution < -0.4 is 32.3 Å². The molecule has 0 saturated carbocycles. The van der Waals surface area contributed by atoms with Gasteiger partial charge in [0.15, 0.2) is 0 Å². The number of nitrogens with zero attached hydrogens (tertiary/aromatic N) is 2. The van der Waals surface area contributed by atoms with Crippen LogP contribution in [0.4, 0.5) is 0 Å². The fraction of sp³-hybridized carbons (Fsp3) is 0.696. The third-order valence-corrected chi connectivity index (χ3v) is 15.3. The summed E-state index contributed by atoms with van der Waals surface area (Å²) in [5.74, 6) is -8.06. The first-order chi connectivity index (χ1) is 38.3. The molecule has 454 valence electrons. The van der Waals surface area contributed by atoms with E-state index in [0.29, 0.717) is 29.4 Å². The van der Waals surface area contributed by atoms with E-state index in [1.807, 2.05) is 0 Å². The third-order valence-electron chi connectivity index (χ3n) is 15.3. The first-order valence-electron chi connectivity index (χ1n) is 28.4. The Morgan fingerprint density at radius 3 is 2.12 bits per heavy atom. The molecular formula is C56H88N8O17. The Balaban J connectivity index is 1.68. The van der Waals surface area contributed by atoms with Crippen molar-refractivity contribution in [1.29, 1.82) is 0 Å². The number of carbonyl (C=O) groups is 9. The van der Waals surface area contributed by atoms with Crippen LogP contribution >= 0.6 is 0 Å². The molecular weight excluding hydrogens is 1060 g/mol. The lowest BCUT2D eigenvalue weighted by Gasteiger charge is -2.33. The number of phenolic OH excluding ortho intramolecular Hbond substituents is 1. The summed E-state index contributed by atoms with van der Waals surface area (Å²) in [5.41, 5.74) is 6.04. The first-order valence-corrected chi connectivity index (χ1v) is 28.4. The quantitative estimate of drug-likeness (QED) is 0.0319. The van der Waals surface area contributed by atoms with Crippen molar-refractivity contribution in [1.82, 2.24) is 36.4 Å². The van der Waals surface area contributed by atoms with E-state index in [0.717, 1.165) is 61.7 Å². The van der Waals surface area contributed by atoms with Crippen molar-refractivity contribution >= 4 is 53.2 Å². The molecule has 0 radical (unpaired) electrons. The number of hydrogen-bond donors (Lipinski definition) is 13. The molecule has 1 aromatic rings. The number of β-amino-alcohol motifs (C(OH)–C–C–N with tert-alkyl or cyclic N) is 1. The summed E-state index contributed by atoms with van der Waals surface area (Å²) in [4.78, 5) is 125. The number of aliphatic hydroxyl groups is 6. The SMILES string of the molecule is CCC(C)CC(C)CCCCCCCCC(=O)N[C@@H]1C[C@@H](O)CNC(=O)[C@@H]2[C@@H](O)CCN2C(=O)[C@H]([C@@H](O)CC(N)=O)NC(=O)[C@H]([C@@H](O)Cc2ccc(O)c(CC/C=C\C(=O)OC)c2)NC(=O)[C@@H]2C[C@@H](O)CN2C(=O)[C@H]([C@@H](C)O)NC1=O. The maximum atomic E-state index is 14.6. The summed E-state index contributed by atoms with van der Waals surface area (Å²) in [6, 6.07) is -6.88. The molecule has 0 aliphatic carbocycles. The van der Waals surface area contributed by atoms with Crippen molar-refractivity contribution in [2.45, 2.75) is 210 Å². The topological polar surface area (TPSA) is 397 Å². The van der Waals surface area contributed by atoms with E-state index < -0.39 is 165 Å². The van der Waals surface area contributed by atoms with Crippen LogP contribution in [0.2, 0.25) is 0 Å². The molecule has 3 saturated heterocycles. The zero-order chi connectivity index (χ0) is 60.1. The van der Waals surface area contributed by atoms with Crippen LogP contribution in [0, 0.1) is 11.8 Å². The summed E-state index contributed by atoms with van der Waals surface area (Å²) in [7, 11) is 1.20. The summed E-state index contributed by atoms with van der Waals surface area (Å²) in [6.45, 7) is 6.39. The maximum Gasteiger partial charge on any atom is 0.330 e. The second kappa shape index (κ2) is 33.0. The van der Waals surface area contributed by atoms with Crippen molar-refractivity contribution in [3.63, 3.8) is 0 Å². The van der Waals surface area contributed by atoms with Gasteiger partial charge in [-0.05, 0) is 68.1 Å².